The summed E-state index contributed by atoms with van der Waals surface area (Å²) in [4.78, 5) is 1.09. The van der Waals surface area contributed by atoms with Crippen LogP contribution in [0.1, 0.15) is 11.1 Å². The lowest BCUT2D eigenvalue weighted by Crippen LogP contribution is -2.50. The normalized spacial score (nSPS) is 15.0. The summed E-state index contributed by atoms with van der Waals surface area (Å²) in [5, 5.41) is -1.01. The highest BCUT2D eigenvalue weighted by atomic mass is 35.5. The van der Waals surface area contributed by atoms with E-state index in [1.165, 1.54) is 18.2 Å². The van der Waals surface area contributed by atoms with Crippen LogP contribution < -0.4 is 9.64 Å². The Hall–Kier alpha value is -2.63. The summed E-state index contributed by atoms with van der Waals surface area (Å²) < 4.78 is 136. The molecule has 0 bridgehead atoms. The van der Waals surface area contributed by atoms with E-state index in [0.29, 0.717) is 5.56 Å². The smallest absolute Gasteiger partial charge is 0.403 e. The summed E-state index contributed by atoms with van der Waals surface area (Å²) in [7, 11) is 0. The molecular formula is C19H10ClF10NO. The van der Waals surface area contributed by atoms with Gasteiger partial charge in [0.2, 0.25) is 0 Å². The van der Waals surface area contributed by atoms with E-state index in [1.54, 1.807) is 18.2 Å². The van der Waals surface area contributed by atoms with Gasteiger partial charge in [0.15, 0.2) is 5.75 Å². The van der Waals surface area contributed by atoms with Crippen LogP contribution in [0.15, 0.2) is 42.5 Å². The van der Waals surface area contributed by atoms with Crippen LogP contribution in [-0.2, 0) is 5.67 Å². The Kier molecular flexibility index (Phi) is 5.82. The molecule has 0 spiro atoms. The fraction of sp³-hybridized carbons (Fsp3) is 0.263. The highest BCUT2D eigenvalue weighted by molar-refractivity contribution is 6.34. The first-order valence-corrected chi connectivity index (χ1v) is 8.89. The van der Waals surface area contributed by atoms with Gasteiger partial charge in [0.05, 0.1) is 5.02 Å². The number of rotatable bonds is 3. The molecule has 3 rings (SSSR count). The molecule has 0 aliphatic carbocycles. The van der Waals surface area contributed by atoms with E-state index in [-0.39, 0.29) is 24.4 Å². The van der Waals surface area contributed by atoms with E-state index < -0.39 is 46.4 Å². The predicted molar refractivity (Wildman–Crippen MR) is 95.5 cm³/mol. The molecule has 32 heavy (non-hydrogen) atoms. The first kappa shape index (κ1) is 24.0. The fourth-order valence-corrected chi connectivity index (χ4v) is 3.51. The zero-order valence-corrected chi connectivity index (χ0v) is 16.1. The van der Waals surface area contributed by atoms with Crippen LogP contribution in [0.4, 0.5) is 55.3 Å². The van der Waals surface area contributed by atoms with E-state index in [4.69, 9.17) is 11.6 Å². The standard InChI is InChI=1S/C19H10ClF10NO/c20-12-8-11(16(21,17(22,23)24)18(25,26)27)9-14(32-19(28,29)30)15(12)31-7-3-5-10-4-1-2-6-13(10)31/h1-6,8-9H,7H2. The topological polar surface area (TPSA) is 12.5 Å². The van der Waals surface area contributed by atoms with Crippen LogP contribution in [0.2, 0.25) is 5.02 Å². The van der Waals surface area contributed by atoms with Crippen LogP contribution in [-0.4, -0.2) is 25.3 Å². The number of ether oxygens (including phenoxy) is 1. The highest BCUT2D eigenvalue weighted by Crippen LogP contribution is 2.56. The van der Waals surface area contributed by atoms with Crippen molar-refractivity contribution < 1.29 is 48.6 Å². The van der Waals surface area contributed by atoms with Crippen LogP contribution >= 0.6 is 11.6 Å². The van der Waals surface area contributed by atoms with Gasteiger partial charge in [0, 0.05) is 17.8 Å². The molecule has 0 amide bonds. The van der Waals surface area contributed by atoms with E-state index in [0.717, 1.165) is 4.90 Å². The van der Waals surface area contributed by atoms with E-state index in [1.807, 2.05) is 0 Å². The number of para-hydroxylation sites is 1. The Labute approximate surface area is 178 Å². The Morgan fingerprint density at radius 1 is 0.844 bits per heavy atom. The molecule has 174 valence electrons. The van der Waals surface area contributed by atoms with Crippen molar-refractivity contribution in [2.75, 3.05) is 11.4 Å². The number of halogens is 11. The molecule has 0 aromatic heterocycles. The summed E-state index contributed by atoms with van der Waals surface area (Å²) in [6.07, 6.45) is -15.6. The third-order valence-electron chi connectivity index (χ3n) is 4.52. The Morgan fingerprint density at radius 3 is 2.00 bits per heavy atom. The summed E-state index contributed by atoms with van der Waals surface area (Å²) in [5.74, 6) is -1.53. The maximum atomic E-state index is 14.5. The van der Waals surface area contributed by atoms with Gasteiger partial charge in [-0.15, -0.1) is 13.2 Å². The van der Waals surface area contributed by atoms with Crippen molar-refractivity contribution in [2.24, 2.45) is 0 Å². The molecule has 0 fully saturated rings. The van der Waals surface area contributed by atoms with Gasteiger partial charge in [-0.1, -0.05) is 42.0 Å². The summed E-state index contributed by atoms with van der Waals surface area (Å²) in [6.45, 7) is -0.149. The molecule has 0 saturated carbocycles. The van der Waals surface area contributed by atoms with E-state index >= 15 is 0 Å². The molecule has 2 nitrogen and oxygen atoms in total. The minimum atomic E-state index is -6.55. The van der Waals surface area contributed by atoms with Crippen molar-refractivity contribution in [3.63, 3.8) is 0 Å². The molecular weight excluding hydrogens is 484 g/mol. The monoisotopic (exact) mass is 493 g/mol. The molecule has 0 N–H and O–H groups in total. The van der Waals surface area contributed by atoms with Gasteiger partial charge < -0.3 is 9.64 Å². The van der Waals surface area contributed by atoms with E-state index in [2.05, 4.69) is 4.74 Å². The predicted octanol–water partition coefficient (Wildman–Crippen LogP) is 7.69. The van der Waals surface area contributed by atoms with Crippen molar-refractivity contribution in [2.45, 2.75) is 24.4 Å². The molecule has 0 atom stereocenters. The number of hydrogen-bond donors (Lipinski definition) is 0. The largest absolute Gasteiger partial charge is 0.573 e. The van der Waals surface area contributed by atoms with Crippen LogP contribution in [0.25, 0.3) is 6.08 Å². The quantitative estimate of drug-likeness (QED) is 0.406. The lowest BCUT2D eigenvalue weighted by atomic mass is 9.93. The third-order valence-corrected chi connectivity index (χ3v) is 4.80. The molecule has 1 heterocycles. The minimum absolute atomic E-state index is 0.0119. The maximum Gasteiger partial charge on any atom is 0.573 e. The van der Waals surface area contributed by atoms with Crippen molar-refractivity contribution in [3.05, 3.63) is 58.6 Å². The SMILES string of the molecule is FC(F)(F)Oc1cc(C(F)(C(F)(F)F)C(F)(F)F)cc(Cl)c1N1CC=Cc2ccccc21. The Morgan fingerprint density at radius 2 is 1.44 bits per heavy atom. The summed E-state index contributed by atoms with van der Waals surface area (Å²) in [6, 6.07) is 5.78. The van der Waals surface area contributed by atoms with Gasteiger partial charge in [0.1, 0.15) is 5.69 Å². The molecule has 0 unspecified atom stereocenters. The summed E-state index contributed by atoms with van der Waals surface area (Å²) in [5.41, 5.74) is -8.16. The molecule has 13 heteroatoms. The first-order valence-electron chi connectivity index (χ1n) is 8.51. The zero-order valence-electron chi connectivity index (χ0n) is 15.3. The average Bonchev–Trinajstić information content (AvgIpc) is 2.64. The number of hydrogen-bond acceptors (Lipinski definition) is 2. The van der Waals surface area contributed by atoms with Crippen LogP contribution in [0.5, 0.6) is 5.75 Å². The lowest BCUT2D eigenvalue weighted by molar-refractivity contribution is -0.348. The molecule has 1 aliphatic rings. The van der Waals surface area contributed by atoms with Gasteiger partial charge in [-0.3, -0.25) is 0 Å². The highest BCUT2D eigenvalue weighted by Gasteiger charge is 2.73. The second-order valence-corrected chi connectivity index (χ2v) is 6.99. The Balaban J connectivity index is 2.29. The van der Waals surface area contributed by atoms with Gasteiger partial charge in [-0.05, 0) is 23.8 Å². The van der Waals surface area contributed by atoms with Crippen molar-refractivity contribution >= 4 is 29.1 Å². The average molecular weight is 494 g/mol. The third kappa shape index (κ3) is 4.19. The number of alkyl halides is 10. The minimum Gasteiger partial charge on any atom is -0.403 e. The van der Waals surface area contributed by atoms with Crippen LogP contribution in [0, 0.1) is 0 Å². The van der Waals surface area contributed by atoms with Gasteiger partial charge in [-0.25, -0.2) is 4.39 Å². The van der Waals surface area contributed by atoms with Gasteiger partial charge in [0.25, 0.3) is 0 Å². The maximum absolute atomic E-state index is 14.5. The van der Waals surface area contributed by atoms with Crippen molar-refractivity contribution in [1.29, 1.82) is 0 Å². The van der Waals surface area contributed by atoms with Crippen molar-refractivity contribution in [1.82, 2.24) is 0 Å². The molecule has 1 aliphatic heterocycles. The second kappa shape index (κ2) is 7.75. The number of nitrogens with zero attached hydrogens (tertiary/aromatic N) is 1. The van der Waals surface area contributed by atoms with Crippen molar-refractivity contribution in [3.8, 4) is 5.75 Å². The number of anilines is 2. The van der Waals surface area contributed by atoms with Crippen LogP contribution in [0.3, 0.4) is 0 Å². The molecule has 2 aromatic rings. The number of benzene rings is 2. The summed E-state index contributed by atoms with van der Waals surface area (Å²) >= 11 is 5.85. The lowest BCUT2D eigenvalue weighted by Gasteiger charge is -2.33. The zero-order chi connectivity index (χ0) is 24.1. The first-order chi connectivity index (χ1) is 14.6. The molecule has 0 saturated heterocycles. The molecule has 0 radical (unpaired) electrons. The number of fused-ring (bicyclic) bond motifs is 1. The fourth-order valence-electron chi connectivity index (χ4n) is 3.19. The second-order valence-electron chi connectivity index (χ2n) is 6.58. The van der Waals surface area contributed by atoms with Gasteiger partial charge >= 0.3 is 24.4 Å². The molecule has 2 aromatic carbocycles. The van der Waals surface area contributed by atoms with Gasteiger partial charge in [-0.2, -0.15) is 26.3 Å². The van der Waals surface area contributed by atoms with E-state index in [9.17, 15) is 43.9 Å². The Bertz CT molecular complexity index is 1030.